The van der Waals surface area contributed by atoms with Crippen molar-refractivity contribution in [2.75, 3.05) is 47.5 Å². The summed E-state index contributed by atoms with van der Waals surface area (Å²) in [5, 5.41) is 0. The van der Waals surface area contributed by atoms with Crippen molar-refractivity contribution in [3.63, 3.8) is 0 Å². The van der Waals surface area contributed by atoms with Crippen molar-refractivity contribution in [1.82, 2.24) is 0 Å². The molecule has 0 aromatic rings. The van der Waals surface area contributed by atoms with E-state index in [1.807, 2.05) is 39.4 Å². The molecule has 0 aliphatic heterocycles. The summed E-state index contributed by atoms with van der Waals surface area (Å²) in [5.74, 6) is -0.914. The largest absolute Gasteiger partial charge is 0.756 e. The van der Waals surface area contributed by atoms with Gasteiger partial charge in [0, 0.05) is 12.8 Å². The highest BCUT2D eigenvalue weighted by molar-refractivity contribution is 7.45. The third kappa shape index (κ3) is 31.7. The molecule has 0 aromatic heterocycles. The third-order valence-electron chi connectivity index (χ3n) is 6.59. The zero-order valence-corrected chi connectivity index (χ0v) is 30.1. The Labute approximate surface area is 279 Å². The summed E-state index contributed by atoms with van der Waals surface area (Å²) >= 11 is 0. The zero-order chi connectivity index (χ0) is 34.4. The molecular weight excluding hydrogens is 605 g/mol. The van der Waals surface area contributed by atoms with E-state index in [0.717, 1.165) is 64.2 Å². The molecule has 0 heterocycles. The normalized spacial score (nSPS) is 14.7. The van der Waals surface area contributed by atoms with Gasteiger partial charge in [-0.05, 0) is 57.8 Å². The number of nitrogens with zero attached hydrogens (tertiary/aromatic N) is 1. The summed E-state index contributed by atoms with van der Waals surface area (Å²) in [6, 6.07) is 0. The molecule has 9 nitrogen and oxygen atoms in total. The van der Waals surface area contributed by atoms with Gasteiger partial charge in [0.25, 0.3) is 7.82 Å². The number of hydrogen-bond donors (Lipinski definition) is 0. The highest BCUT2D eigenvalue weighted by atomic mass is 31.2. The van der Waals surface area contributed by atoms with Crippen molar-refractivity contribution in [2.24, 2.45) is 0 Å². The Morgan fingerprint density at radius 3 is 2.00 bits per heavy atom. The van der Waals surface area contributed by atoms with Crippen molar-refractivity contribution in [3.05, 3.63) is 60.8 Å². The average molecular weight is 668 g/mol. The summed E-state index contributed by atoms with van der Waals surface area (Å²) in [6.45, 7) is 3.85. The SMILES string of the molecule is CC/C=C/C=C/C=C/CCCCCCCC(=O)OC(COC(=O)CCCC/C=C/C/C=C/CC)COP(=O)([O-])OCC[N+](C)(C)C. The van der Waals surface area contributed by atoms with E-state index in [0.29, 0.717) is 23.9 Å². The number of phosphoric ester groups is 1. The summed E-state index contributed by atoms with van der Waals surface area (Å²) in [6.07, 6.45) is 31.3. The first kappa shape index (κ1) is 43.7. The fourth-order valence-corrected chi connectivity index (χ4v) is 4.65. The van der Waals surface area contributed by atoms with Crippen LogP contribution in [0.3, 0.4) is 0 Å². The predicted octanol–water partition coefficient (Wildman–Crippen LogP) is 7.93. The fraction of sp³-hybridized carbons (Fsp3) is 0.667. The minimum absolute atomic E-state index is 0.0433. The van der Waals surface area contributed by atoms with Crippen LogP contribution in [-0.4, -0.2) is 70.0 Å². The molecule has 0 saturated heterocycles. The summed E-state index contributed by atoms with van der Waals surface area (Å²) < 4.78 is 33.5. The van der Waals surface area contributed by atoms with Gasteiger partial charge in [0.2, 0.25) is 0 Å². The Bertz CT molecular complexity index is 981. The van der Waals surface area contributed by atoms with Gasteiger partial charge >= 0.3 is 11.9 Å². The van der Waals surface area contributed by atoms with E-state index >= 15 is 0 Å². The van der Waals surface area contributed by atoms with Crippen LogP contribution in [0.15, 0.2) is 60.8 Å². The molecule has 0 aliphatic rings. The average Bonchev–Trinajstić information content (AvgIpc) is 2.99. The smallest absolute Gasteiger partial charge is 0.306 e. The van der Waals surface area contributed by atoms with Gasteiger partial charge in [-0.2, -0.15) is 0 Å². The zero-order valence-electron chi connectivity index (χ0n) is 29.2. The lowest BCUT2D eigenvalue weighted by Gasteiger charge is -2.28. The lowest BCUT2D eigenvalue weighted by Crippen LogP contribution is -2.37. The number of phosphoric acid groups is 1. The Balaban J connectivity index is 4.59. The molecule has 0 aromatic carbocycles. The monoisotopic (exact) mass is 667 g/mol. The van der Waals surface area contributed by atoms with Gasteiger partial charge in [0.15, 0.2) is 6.10 Å². The number of likely N-dealkylation sites (N-methyl/N-ethyl adjacent to an activating group) is 1. The van der Waals surface area contributed by atoms with E-state index in [4.69, 9.17) is 18.5 Å². The second kappa shape index (κ2) is 28.9. The van der Waals surface area contributed by atoms with Gasteiger partial charge in [-0.3, -0.25) is 14.2 Å². The Kier molecular flexibility index (Phi) is 27.5. The van der Waals surface area contributed by atoms with Crippen molar-refractivity contribution in [3.8, 4) is 0 Å². The molecule has 0 aliphatic carbocycles. The van der Waals surface area contributed by atoms with Crippen LogP contribution in [0.25, 0.3) is 0 Å². The van der Waals surface area contributed by atoms with Crippen LogP contribution in [0.5, 0.6) is 0 Å². The van der Waals surface area contributed by atoms with Crippen LogP contribution in [-0.2, 0) is 32.7 Å². The van der Waals surface area contributed by atoms with Crippen LogP contribution in [0.1, 0.15) is 104 Å². The van der Waals surface area contributed by atoms with Crippen molar-refractivity contribution in [1.29, 1.82) is 0 Å². The number of quaternary nitrogens is 1. The molecule has 0 fully saturated rings. The summed E-state index contributed by atoms with van der Waals surface area (Å²) in [7, 11) is 1.12. The number of allylic oxidation sites excluding steroid dienone is 10. The lowest BCUT2D eigenvalue weighted by atomic mass is 10.1. The van der Waals surface area contributed by atoms with E-state index in [1.54, 1.807) is 0 Å². The molecular formula is C36H62NO8P. The molecule has 46 heavy (non-hydrogen) atoms. The van der Waals surface area contributed by atoms with Gasteiger partial charge in [-0.1, -0.05) is 93.9 Å². The standard InChI is InChI=1S/C36H62NO8P/c1-6-8-10-12-14-16-17-18-19-21-23-25-27-29-36(39)45-34(33-44-46(40,41)43-31-30-37(3,4)5)32-42-35(38)28-26-24-22-20-15-13-11-9-7-2/h8-12,14-17,20,34H,6-7,13,18-19,21-33H2,1-5H3/b10-8+,11-9+,14-12+,17-16+,20-15+. The molecule has 0 bridgehead atoms. The van der Waals surface area contributed by atoms with E-state index in [1.165, 1.54) is 0 Å². The van der Waals surface area contributed by atoms with Crippen molar-refractivity contribution in [2.45, 2.75) is 110 Å². The van der Waals surface area contributed by atoms with Crippen LogP contribution in [0.2, 0.25) is 0 Å². The number of carbonyl (C=O) groups excluding carboxylic acids is 2. The summed E-state index contributed by atoms with van der Waals surface area (Å²) in [4.78, 5) is 37.1. The summed E-state index contributed by atoms with van der Waals surface area (Å²) in [5.41, 5.74) is 0. The first-order chi connectivity index (χ1) is 22.0. The topological polar surface area (TPSA) is 111 Å². The number of unbranched alkanes of at least 4 members (excludes halogenated alkanes) is 7. The maximum absolute atomic E-state index is 12.5. The number of ether oxygens (including phenoxy) is 2. The quantitative estimate of drug-likeness (QED) is 0.0198. The Hall–Kier alpha value is -2.29. The minimum Gasteiger partial charge on any atom is -0.756 e. The Morgan fingerprint density at radius 1 is 0.696 bits per heavy atom. The van der Waals surface area contributed by atoms with Gasteiger partial charge in [-0.15, -0.1) is 0 Å². The van der Waals surface area contributed by atoms with Crippen molar-refractivity contribution >= 4 is 19.8 Å². The van der Waals surface area contributed by atoms with E-state index in [9.17, 15) is 19.0 Å². The first-order valence-corrected chi connectivity index (χ1v) is 18.5. The molecule has 0 rings (SSSR count). The van der Waals surface area contributed by atoms with E-state index < -0.39 is 32.5 Å². The molecule has 264 valence electrons. The number of carbonyl (C=O) groups is 2. The van der Waals surface area contributed by atoms with Crippen LogP contribution < -0.4 is 4.89 Å². The van der Waals surface area contributed by atoms with Gasteiger partial charge < -0.3 is 27.9 Å². The minimum atomic E-state index is -4.63. The molecule has 0 radical (unpaired) electrons. The second-order valence-corrected chi connectivity index (χ2v) is 13.6. The fourth-order valence-electron chi connectivity index (χ4n) is 3.92. The van der Waals surface area contributed by atoms with Gasteiger partial charge in [-0.25, -0.2) is 0 Å². The maximum atomic E-state index is 12.5. The molecule has 0 spiro atoms. The predicted molar refractivity (Wildman–Crippen MR) is 185 cm³/mol. The van der Waals surface area contributed by atoms with E-state index in [2.05, 4.69) is 56.4 Å². The molecule has 2 unspecified atom stereocenters. The molecule has 0 N–H and O–H groups in total. The van der Waals surface area contributed by atoms with Crippen LogP contribution in [0.4, 0.5) is 0 Å². The third-order valence-corrected chi connectivity index (χ3v) is 7.56. The second-order valence-electron chi connectivity index (χ2n) is 12.2. The van der Waals surface area contributed by atoms with Gasteiger partial charge in [0.1, 0.15) is 19.8 Å². The van der Waals surface area contributed by atoms with Crippen molar-refractivity contribution < 1.29 is 42.1 Å². The van der Waals surface area contributed by atoms with Crippen LogP contribution >= 0.6 is 7.82 Å². The molecule has 0 amide bonds. The Morgan fingerprint density at radius 2 is 1.28 bits per heavy atom. The number of esters is 2. The molecule has 0 saturated carbocycles. The van der Waals surface area contributed by atoms with E-state index in [-0.39, 0.29) is 26.1 Å². The van der Waals surface area contributed by atoms with Crippen LogP contribution in [0, 0.1) is 0 Å². The lowest BCUT2D eigenvalue weighted by molar-refractivity contribution is -0.870. The molecule has 2 atom stereocenters. The highest BCUT2D eigenvalue weighted by Gasteiger charge is 2.21. The first-order valence-electron chi connectivity index (χ1n) is 17.0. The van der Waals surface area contributed by atoms with Gasteiger partial charge in [0.05, 0.1) is 27.7 Å². The molecule has 10 heteroatoms. The highest BCUT2D eigenvalue weighted by Crippen LogP contribution is 2.38. The number of rotatable bonds is 29. The number of hydrogen-bond acceptors (Lipinski definition) is 8. The maximum Gasteiger partial charge on any atom is 0.306 e.